The van der Waals surface area contributed by atoms with Crippen molar-refractivity contribution in [3.8, 4) is 0 Å². The molecule has 2 fully saturated rings. The van der Waals surface area contributed by atoms with Crippen LogP contribution >= 0.6 is 0 Å². The Balaban J connectivity index is 1.49. The topological polar surface area (TPSA) is 69.6 Å². The van der Waals surface area contributed by atoms with Crippen LogP contribution in [0.2, 0.25) is 0 Å². The first kappa shape index (κ1) is 16.7. The summed E-state index contributed by atoms with van der Waals surface area (Å²) in [7, 11) is 0. The summed E-state index contributed by atoms with van der Waals surface area (Å²) in [6.07, 6.45) is 3.67. The number of piperidine rings is 1. The molecule has 1 saturated heterocycles. The molecule has 24 heavy (non-hydrogen) atoms. The Morgan fingerprint density at radius 3 is 2.58 bits per heavy atom. The van der Waals surface area contributed by atoms with Crippen LogP contribution in [0.5, 0.6) is 0 Å². The molecule has 0 bridgehead atoms. The highest BCUT2D eigenvalue weighted by atomic mass is 19.1. The summed E-state index contributed by atoms with van der Waals surface area (Å²) in [6, 6.07) is 6.67. The maximum atomic E-state index is 13.3. The molecule has 1 aromatic rings. The number of nitrogens with zero attached hydrogens (tertiary/aromatic N) is 1. The van der Waals surface area contributed by atoms with Crippen molar-refractivity contribution in [1.29, 1.82) is 0 Å². The van der Waals surface area contributed by atoms with Gasteiger partial charge in [0.15, 0.2) is 0 Å². The van der Waals surface area contributed by atoms with E-state index in [2.05, 4.69) is 5.32 Å². The third kappa shape index (κ3) is 3.86. The summed E-state index contributed by atoms with van der Waals surface area (Å²) in [5.74, 6) is -1.05. The molecule has 0 aromatic heterocycles. The molecule has 1 heterocycles. The van der Waals surface area contributed by atoms with Crippen molar-refractivity contribution in [3.05, 3.63) is 35.6 Å². The van der Waals surface area contributed by atoms with Crippen LogP contribution < -0.4 is 5.32 Å². The molecule has 1 saturated carbocycles. The second-order valence-corrected chi connectivity index (χ2v) is 6.81. The van der Waals surface area contributed by atoms with E-state index in [0.29, 0.717) is 25.9 Å². The number of carbonyl (C=O) groups excluding carboxylic acids is 1. The van der Waals surface area contributed by atoms with E-state index in [4.69, 9.17) is 5.11 Å². The van der Waals surface area contributed by atoms with Gasteiger partial charge in [0.25, 0.3) is 0 Å². The average molecular weight is 334 g/mol. The summed E-state index contributed by atoms with van der Waals surface area (Å²) < 4.78 is 13.3. The minimum Gasteiger partial charge on any atom is -0.481 e. The Hall–Kier alpha value is -2.11. The number of benzene rings is 1. The van der Waals surface area contributed by atoms with Crippen LogP contribution in [-0.4, -0.2) is 41.1 Å². The lowest BCUT2D eigenvalue weighted by Gasteiger charge is -2.31. The number of likely N-dealkylation sites (tertiary alicyclic amines) is 1. The molecule has 0 spiro atoms. The number of carboxylic acid groups (broad SMARTS) is 1. The maximum absolute atomic E-state index is 13.3. The van der Waals surface area contributed by atoms with E-state index in [0.717, 1.165) is 24.8 Å². The second-order valence-electron chi connectivity index (χ2n) is 6.81. The molecule has 3 rings (SSSR count). The normalized spacial score (nSPS) is 24.8. The number of amides is 2. The van der Waals surface area contributed by atoms with Gasteiger partial charge in [0.2, 0.25) is 0 Å². The van der Waals surface area contributed by atoms with E-state index < -0.39 is 5.97 Å². The molecule has 6 heteroatoms. The van der Waals surface area contributed by atoms with Crippen LogP contribution in [0.25, 0.3) is 0 Å². The molecule has 2 unspecified atom stereocenters. The van der Waals surface area contributed by atoms with E-state index in [-0.39, 0.29) is 29.7 Å². The number of aliphatic carboxylic acids is 1. The standard InChI is InChI=1S/C18H23FN2O3/c19-15-3-1-2-13(10-15)14-4-5-16(11-14)20-18(24)21-8-6-12(7-9-21)17(22)23/h1-3,10,12,14,16H,4-9,11H2,(H,20,24)(H,22,23). The molecule has 1 aromatic carbocycles. The van der Waals surface area contributed by atoms with E-state index >= 15 is 0 Å². The highest BCUT2D eigenvalue weighted by Crippen LogP contribution is 2.34. The molecule has 2 aliphatic rings. The summed E-state index contributed by atoms with van der Waals surface area (Å²) >= 11 is 0. The summed E-state index contributed by atoms with van der Waals surface area (Å²) in [5, 5.41) is 12.1. The number of halogens is 1. The van der Waals surface area contributed by atoms with Gasteiger partial charge >= 0.3 is 12.0 Å². The van der Waals surface area contributed by atoms with Gasteiger partial charge in [-0.15, -0.1) is 0 Å². The zero-order valence-corrected chi connectivity index (χ0v) is 13.6. The van der Waals surface area contributed by atoms with Gasteiger partial charge in [-0.1, -0.05) is 12.1 Å². The minimum atomic E-state index is -0.774. The Bertz CT molecular complexity index is 614. The SMILES string of the molecule is O=C(O)C1CCN(C(=O)NC2CCC(c3cccc(F)c3)C2)CC1. The first-order chi connectivity index (χ1) is 11.5. The number of hydrogen-bond donors (Lipinski definition) is 2. The molecule has 1 aliphatic carbocycles. The summed E-state index contributed by atoms with van der Waals surface area (Å²) in [6.45, 7) is 0.978. The summed E-state index contributed by atoms with van der Waals surface area (Å²) in [4.78, 5) is 25.0. The van der Waals surface area contributed by atoms with Crippen LogP contribution in [0.4, 0.5) is 9.18 Å². The molecular formula is C18H23FN2O3. The molecule has 2 atom stereocenters. The predicted octanol–water partition coefficient (Wildman–Crippen LogP) is 2.97. The van der Waals surface area contributed by atoms with Crippen LogP contribution in [0.1, 0.15) is 43.6 Å². The number of hydrogen-bond acceptors (Lipinski definition) is 2. The average Bonchev–Trinajstić information content (AvgIpc) is 3.03. The zero-order chi connectivity index (χ0) is 17.1. The van der Waals surface area contributed by atoms with Crippen molar-refractivity contribution in [2.24, 2.45) is 5.92 Å². The van der Waals surface area contributed by atoms with Crippen LogP contribution in [0.3, 0.4) is 0 Å². The van der Waals surface area contributed by atoms with Gasteiger partial charge in [0, 0.05) is 19.1 Å². The molecule has 1 aliphatic heterocycles. The first-order valence-electron chi connectivity index (χ1n) is 8.56. The van der Waals surface area contributed by atoms with E-state index in [1.54, 1.807) is 17.0 Å². The largest absolute Gasteiger partial charge is 0.481 e. The van der Waals surface area contributed by atoms with Gasteiger partial charge in [-0.2, -0.15) is 0 Å². The molecule has 2 amide bonds. The number of urea groups is 1. The third-order valence-corrected chi connectivity index (χ3v) is 5.21. The fourth-order valence-electron chi connectivity index (χ4n) is 3.77. The molecular weight excluding hydrogens is 311 g/mol. The number of nitrogens with one attached hydrogen (secondary N) is 1. The Morgan fingerprint density at radius 2 is 1.92 bits per heavy atom. The lowest BCUT2D eigenvalue weighted by molar-refractivity contribution is -0.143. The van der Waals surface area contributed by atoms with Crippen LogP contribution in [-0.2, 0) is 4.79 Å². The molecule has 5 nitrogen and oxygen atoms in total. The van der Waals surface area contributed by atoms with Gasteiger partial charge in [-0.25, -0.2) is 9.18 Å². The van der Waals surface area contributed by atoms with Gasteiger partial charge in [0.1, 0.15) is 5.82 Å². The van der Waals surface area contributed by atoms with E-state index in [1.807, 2.05) is 6.07 Å². The van der Waals surface area contributed by atoms with Crippen molar-refractivity contribution < 1.29 is 19.1 Å². The number of carbonyl (C=O) groups is 2. The lowest BCUT2D eigenvalue weighted by Crippen LogP contribution is -2.48. The van der Waals surface area contributed by atoms with Gasteiger partial charge in [0.05, 0.1) is 5.92 Å². The van der Waals surface area contributed by atoms with Crippen molar-refractivity contribution >= 4 is 12.0 Å². The maximum Gasteiger partial charge on any atom is 0.317 e. The number of rotatable bonds is 3. The Morgan fingerprint density at radius 1 is 1.17 bits per heavy atom. The van der Waals surface area contributed by atoms with E-state index in [1.165, 1.54) is 6.07 Å². The Kier molecular flexibility index (Phi) is 5.02. The van der Waals surface area contributed by atoms with Crippen LogP contribution in [0.15, 0.2) is 24.3 Å². The monoisotopic (exact) mass is 334 g/mol. The van der Waals surface area contributed by atoms with Crippen molar-refractivity contribution in [2.75, 3.05) is 13.1 Å². The number of carboxylic acids is 1. The first-order valence-corrected chi connectivity index (χ1v) is 8.56. The van der Waals surface area contributed by atoms with Crippen molar-refractivity contribution in [1.82, 2.24) is 10.2 Å². The van der Waals surface area contributed by atoms with E-state index in [9.17, 15) is 14.0 Å². The fourth-order valence-corrected chi connectivity index (χ4v) is 3.77. The smallest absolute Gasteiger partial charge is 0.317 e. The molecule has 2 N–H and O–H groups in total. The van der Waals surface area contributed by atoms with Crippen molar-refractivity contribution in [2.45, 2.75) is 44.1 Å². The quantitative estimate of drug-likeness (QED) is 0.893. The minimum absolute atomic E-state index is 0.1000. The molecule has 0 radical (unpaired) electrons. The predicted molar refractivity (Wildman–Crippen MR) is 87.2 cm³/mol. The fraction of sp³-hybridized carbons (Fsp3) is 0.556. The highest BCUT2D eigenvalue weighted by Gasteiger charge is 2.31. The van der Waals surface area contributed by atoms with Gasteiger partial charge < -0.3 is 15.3 Å². The van der Waals surface area contributed by atoms with Gasteiger partial charge in [-0.05, 0) is 55.7 Å². The summed E-state index contributed by atoms with van der Waals surface area (Å²) in [5.41, 5.74) is 0.994. The van der Waals surface area contributed by atoms with Gasteiger partial charge in [-0.3, -0.25) is 4.79 Å². The van der Waals surface area contributed by atoms with Crippen molar-refractivity contribution in [3.63, 3.8) is 0 Å². The zero-order valence-electron chi connectivity index (χ0n) is 13.6. The van der Waals surface area contributed by atoms with Crippen LogP contribution in [0, 0.1) is 11.7 Å². The molecule has 130 valence electrons. The Labute approximate surface area is 140 Å². The second kappa shape index (κ2) is 7.20. The third-order valence-electron chi connectivity index (χ3n) is 5.21. The highest BCUT2D eigenvalue weighted by molar-refractivity contribution is 5.75. The lowest BCUT2D eigenvalue weighted by atomic mass is 9.97.